The first-order chi connectivity index (χ1) is 20.0. The molecule has 4 rings (SSSR count). The Labute approximate surface area is 259 Å². The highest BCUT2D eigenvalue weighted by Crippen LogP contribution is 2.06. The van der Waals surface area contributed by atoms with Gasteiger partial charge in [-0.15, -0.1) is 11.3 Å². The molecule has 43 heavy (non-hydrogen) atoms. The minimum Gasteiger partial charge on any atom is -0.354 e. The number of aryl methyl sites for hydroxylation is 7. The second-order valence-corrected chi connectivity index (χ2v) is 10.9. The van der Waals surface area contributed by atoms with E-state index in [2.05, 4.69) is 40.1 Å². The summed E-state index contributed by atoms with van der Waals surface area (Å²) in [7, 11) is 6.06. The number of H-pyrrole nitrogens is 3. The van der Waals surface area contributed by atoms with Gasteiger partial charge >= 0.3 is 0 Å². The van der Waals surface area contributed by atoms with Crippen molar-refractivity contribution in [3.63, 3.8) is 0 Å². The fourth-order valence-corrected chi connectivity index (χ4v) is 4.21. The lowest BCUT2D eigenvalue weighted by Crippen LogP contribution is -2.24. The molecule has 0 fully saturated rings. The molecule has 0 saturated heterocycles. The zero-order valence-corrected chi connectivity index (χ0v) is 27.4. The van der Waals surface area contributed by atoms with E-state index >= 15 is 0 Å². The van der Waals surface area contributed by atoms with E-state index in [0.29, 0.717) is 11.5 Å². The maximum atomic E-state index is 10.7. The largest absolute Gasteiger partial charge is 0.354 e. The molecule has 0 bridgehead atoms. The maximum Gasteiger partial charge on any atom is 0.291 e. The smallest absolute Gasteiger partial charge is 0.291 e. The minimum absolute atomic E-state index is 0.0313. The van der Waals surface area contributed by atoms with E-state index in [1.807, 2.05) is 41.5 Å². The van der Waals surface area contributed by atoms with Crippen LogP contribution < -0.4 is 21.8 Å². The Bertz CT molecular complexity index is 1470. The summed E-state index contributed by atoms with van der Waals surface area (Å²) >= 11 is 1.56. The van der Waals surface area contributed by atoms with E-state index in [9.17, 15) is 19.2 Å². The van der Waals surface area contributed by atoms with Crippen LogP contribution in [-0.4, -0.2) is 91.9 Å². The molecule has 3 N–H and O–H groups in total. The zero-order valence-electron chi connectivity index (χ0n) is 26.6. The molecule has 0 aliphatic rings. The molecule has 0 atom stereocenters. The molecule has 4 heterocycles. The molecule has 0 spiro atoms. The summed E-state index contributed by atoms with van der Waals surface area (Å²) in [6.45, 7) is 19.2. The van der Waals surface area contributed by atoms with Crippen molar-refractivity contribution in [1.29, 1.82) is 0 Å². The average Bonchev–Trinajstić information content (AvgIpc) is 3.57. The Hall–Kier alpha value is -3.87. The molecule has 12 nitrogen and oxygen atoms in total. The molecule has 4 radical (unpaired) electrons. The molecular formula is C26H36B4N8O4S. The highest BCUT2D eigenvalue weighted by atomic mass is 32.1. The lowest BCUT2D eigenvalue weighted by atomic mass is 9.69. The van der Waals surface area contributed by atoms with Crippen molar-refractivity contribution >= 4 is 85.0 Å². The van der Waals surface area contributed by atoms with Crippen molar-refractivity contribution in [2.45, 2.75) is 76.2 Å². The van der Waals surface area contributed by atoms with Crippen molar-refractivity contribution in [3.8, 4) is 0 Å². The highest BCUT2D eigenvalue weighted by molar-refractivity contribution is 7.23. The van der Waals surface area contributed by atoms with E-state index in [4.69, 9.17) is 0 Å². The number of rotatable bonds is 8. The SMILES string of the molecule is CC(=O)[B]c1[nH]c(C)nc1C.CC(=O)[B]c1[nH]c(C)nc1C.CC(=O)[B]c1nc(C)c(C)s1.CC(=O)[B]c1nc(C)n[nH]1. The van der Waals surface area contributed by atoms with Crippen LogP contribution in [0, 0.1) is 48.5 Å². The molecular weight excluding hydrogens is 564 g/mol. The van der Waals surface area contributed by atoms with Crippen molar-refractivity contribution in [1.82, 2.24) is 40.1 Å². The zero-order chi connectivity index (χ0) is 32.9. The second-order valence-electron chi connectivity index (χ2n) is 9.62. The third-order valence-corrected chi connectivity index (χ3v) is 6.12. The minimum atomic E-state index is -0.0313. The Balaban J connectivity index is 0.000000287. The van der Waals surface area contributed by atoms with Gasteiger partial charge in [0.25, 0.3) is 29.1 Å². The lowest BCUT2D eigenvalue weighted by molar-refractivity contribution is -0.110. The number of hydrogen-bond acceptors (Lipinski definition) is 10. The Kier molecular flexibility index (Phi) is 15.5. The van der Waals surface area contributed by atoms with Crippen LogP contribution in [0.1, 0.15) is 67.1 Å². The summed E-state index contributed by atoms with van der Waals surface area (Å²) in [6.07, 6.45) is 0. The Morgan fingerprint density at radius 2 is 1.02 bits per heavy atom. The summed E-state index contributed by atoms with van der Waals surface area (Å²) in [6, 6.07) is 0. The number of nitrogens with zero attached hydrogens (tertiary/aromatic N) is 5. The average molecular weight is 600 g/mol. The van der Waals surface area contributed by atoms with Crippen molar-refractivity contribution in [3.05, 3.63) is 39.4 Å². The van der Waals surface area contributed by atoms with Crippen molar-refractivity contribution in [2.75, 3.05) is 0 Å². The van der Waals surface area contributed by atoms with Crippen LogP contribution in [0.5, 0.6) is 0 Å². The first-order valence-corrected chi connectivity index (χ1v) is 14.1. The Morgan fingerprint density at radius 1 is 0.581 bits per heavy atom. The summed E-state index contributed by atoms with van der Waals surface area (Å²) in [4.78, 5) is 66.8. The summed E-state index contributed by atoms with van der Waals surface area (Å²) in [5.41, 5.74) is 5.01. The van der Waals surface area contributed by atoms with Crippen LogP contribution in [0.15, 0.2) is 0 Å². The van der Waals surface area contributed by atoms with Crippen molar-refractivity contribution < 1.29 is 19.2 Å². The normalized spacial score (nSPS) is 9.65. The number of aromatic nitrogens is 8. The standard InChI is InChI=1S/2C7H10BN2O.C7H9BNOS.C5H7BN3O/c2*1-4-7(8-5(2)11)10-6(3)9-4;1-4-5(2)11-7(9-4)8-6(3)10;1-3(10)6-5-7-4(2)8-9-5/h2*1-3H3,(H,9,10);1-3H3;1-2H3,(H,7,8,9). The number of carbonyl (C=O) groups is 4. The highest BCUT2D eigenvalue weighted by Gasteiger charge is 2.09. The first kappa shape index (κ1) is 37.2. The fourth-order valence-electron chi connectivity index (χ4n) is 3.29. The molecule has 0 amide bonds. The topological polar surface area (TPSA) is 180 Å². The number of carbonyl (C=O) groups excluding carboxylic acids is 4. The van der Waals surface area contributed by atoms with Gasteiger partial charge in [-0.1, -0.05) is 0 Å². The van der Waals surface area contributed by atoms with Gasteiger partial charge < -0.3 is 29.1 Å². The van der Waals surface area contributed by atoms with E-state index < -0.39 is 0 Å². The van der Waals surface area contributed by atoms with Crippen LogP contribution in [0.4, 0.5) is 0 Å². The molecule has 17 heteroatoms. The third-order valence-electron chi connectivity index (χ3n) is 5.10. The van der Waals surface area contributed by atoms with Crippen LogP contribution in [0.3, 0.4) is 0 Å². The molecule has 0 aliphatic heterocycles. The van der Waals surface area contributed by atoms with Gasteiger partial charge in [0, 0.05) is 27.5 Å². The summed E-state index contributed by atoms with van der Waals surface area (Å²) in [5.74, 6) is 2.33. The van der Waals surface area contributed by atoms with Gasteiger partial charge in [0.1, 0.15) is 17.5 Å². The quantitative estimate of drug-likeness (QED) is 0.224. The van der Waals surface area contributed by atoms with Gasteiger partial charge in [0.05, 0.1) is 39.1 Å². The molecule has 0 unspecified atom stereocenters. The maximum absolute atomic E-state index is 10.7. The molecule has 0 aliphatic carbocycles. The van der Waals surface area contributed by atoms with Gasteiger partial charge in [-0.2, -0.15) is 5.10 Å². The molecule has 0 saturated carbocycles. The lowest BCUT2D eigenvalue weighted by Gasteiger charge is -1.89. The predicted molar refractivity (Wildman–Crippen MR) is 173 cm³/mol. The predicted octanol–water partition coefficient (Wildman–Crippen LogP) is -0.570. The van der Waals surface area contributed by atoms with Crippen LogP contribution >= 0.6 is 11.3 Å². The second kappa shape index (κ2) is 17.9. The van der Waals surface area contributed by atoms with E-state index in [0.717, 1.165) is 44.8 Å². The van der Waals surface area contributed by atoms with Crippen LogP contribution in [0.2, 0.25) is 0 Å². The fraction of sp³-hybridized carbons (Fsp3) is 0.423. The molecule has 0 aromatic carbocycles. The van der Waals surface area contributed by atoms with Crippen LogP contribution in [0.25, 0.3) is 0 Å². The molecule has 222 valence electrons. The van der Waals surface area contributed by atoms with E-state index in [1.165, 1.54) is 39.9 Å². The van der Waals surface area contributed by atoms with E-state index in [-0.39, 0.29) is 22.7 Å². The molecule has 4 aromatic rings. The molecule has 4 aromatic heterocycles. The number of aromatic amines is 3. The summed E-state index contributed by atoms with van der Waals surface area (Å²) < 4.78 is 0. The summed E-state index contributed by atoms with van der Waals surface area (Å²) in [5, 5.41) is 6.35. The third kappa shape index (κ3) is 15.2. The van der Waals surface area contributed by atoms with Gasteiger partial charge in [0.2, 0.25) is 0 Å². The van der Waals surface area contributed by atoms with Crippen molar-refractivity contribution in [2.24, 2.45) is 0 Å². The van der Waals surface area contributed by atoms with Gasteiger partial charge in [-0.3, -0.25) is 10.1 Å². The van der Waals surface area contributed by atoms with E-state index in [1.54, 1.807) is 40.1 Å². The van der Waals surface area contributed by atoms with Crippen LogP contribution in [-0.2, 0) is 19.2 Å². The number of hydrogen-bond donors (Lipinski definition) is 3. The first-order valence-electron chi connectivity index (χ1n) is 13.3. The van der Waals surface area contributed by atoms with Gasteiger partial charge in [0.15, 0.2) is 0 Å². The number of thiazole rings is 1. The Morgan fingerprint density at radius 3 is 1.30 bits per heavy atom. The van der Waals surface area contributed by atoms with Gasteiger partial charge in [-0.25, -0.2) is 15.0 Å². The van der Waals surface area contributed by atoms with Gasteiger partial charge in [-0.05, 0) is 76.2 Å². The monoisotopic (exact) mass is 600 g/mol. The number of imidazole rings is 2. The number of nitrogens with one attached hydrogen (secondary N) is 3.